The Morgan fingerprint density at radius 3 is 2.86 bits per heavy atom. The molecule has 2 aromatic heterocycles. The molecule has 2 aromatic rings. The van der Waals surface area contributed by atoms with Crippen LogP contribution in [0.25, 0.3) is 11.0 Å². The van der Waals surface area contributed by atoms with Gasteiger partial charge in [-0.2, -0.15) is 0 Å². The van der Waals surface area contributed by atoms with Crippen LogP contribution in [0.1, 0.15) is 0 Å². The van der Waals surface area contributed by atoms with Crippen molar-refractivity contribution in [3.05, 3.63) is 39.2 Å². The van der Waals surface area contributed by atoms with E-state index < -0.39 is 11.2 Å². The van der Waals surface area contributed by atoms with Crippen molar-refractivity contribution in [2.45, 2.75) is 0 Å². The first-order chi connectivity index (χ1) is 6.20. The Hall–Kier alpha value is -1.11. The fraction of sp³-hybridized carbons (Fsp3) is 0. The van der Waals surface area contributed by atoms with E-state index in [-0.39, 0.29) is 45.3 Å². The zero-order valence-corrected chi connectivity index (χ0v) is 9.39. The van der Waals surface area contributed by atoms with Crippen molar-refractivity contribution in [3.63, 3.8) is 0 Å². The van der Waals surface area contributed by atoms with Crippen LogP contribution in [0.15, 0.2) is 27.9 Å². The standard InChI is InChI=1S/C7H5N3O3.Na/c11-6-4-2-1-3-8-5(4)9-7(12)10(6)13;/h1-3,13H,(H,8,9,12);/q;+1. The van der Waals surface area contributed by atoms with Gasteiger partial charge in [-0.05, 0) is 12.1 Å². The topological polar surface area (TPSA) is 88.0 Å². The number of nitrogens with one attached hydrogen (secondary N) is 1. The Bertz CT molecular complexity index is 574. The maximum atomic E-state index is 11.2. The maximum absolute atomic E-state index is 11.2. The van der Waals surface area contributed by atoms with Gasteiger partial charge in [0.15, 0.2) is 0 Å². The molecule has 7 heteroatoms. The molecule has 0 saturated carbocycles. The number of aromatic nitrogens is 3. The van der Waals surface area contributed by atoms with Gasteiger partial charge in [-0.25, -0.2) is 9.78 Å². The van der Waals surface area contributed by atoms with Crippen molar-refractivity contribution >= 4 is 11.0 Å². The van der Waals surface area contributed by atoms with Gasteiger partial charge in [0.25, 0.3) is 5.56 Å². The fourth-order valence-electron chi connectivity index (χ4n) is 1.04. The maximum Gasteiger partial charge on any atom is 1.00 e. The number of nitrogens with zero attached hydrogens (tertiary/aromatic N) is 2. The third-order valence-electron chi connectivity index (χ3n) is 1.65. The molecule has 6 nitrogen and oxygen atoms in total. The van der Waals surface area contributed by atoms with Crippen LogP contribution < -0.4 is 40.8 Å². The van der Waals surface area contributed by atoms with E-state index in [0.29, 0.717) is 0 Å². The quantitative estimate of drug-likeness (QED) is 0.340. The van der Waals surface area contributed by atoms with Crippen LogP contribution in [0, 0.1) is 0 Å². The number of hydrogen-bond donors (Lipinski definition) is 2. The van der Waals surface area contributed by atoms with Crippen molar-refractivity contribution in [1.82, 2.24) is 14.7 Å². The van der Waals surface area contributed by atoms with Crippen LogP contribution in [0.4, 0.5) is 0 Å². The van der Waals surface area contributed by atoms with Crippen molar-refractivity contribution in [2.75, 3.05) is 0 Å². The molecule has 0 atom stereocenters. The van der Waals surface area contributed by atoms with Gasteiger partial charge in [0, 0.05) is 6.20 Å². The molecule has 66 valence electrons. The van der Waals surface area contributed by atoms with E-state index in [0.717, 1.165) is 0 Å². The normalized spacial score (nSPS) is 9.71. The van der Waals surface area contributed by atoms with E-state index in [9.17, 15) is 9.59 Å². The number of pyridine rings is 1. The molecule has 0 radical (unpaired) electrons. The minimum Gasteiger partial charge on any atom is -0.421 e. The second-order valence-corrected chi connectivity index (χ2v) is 2.45. The van der Waals surface area contributed by atoms with Gasteiger partial charge >= 0.3 is 35.2 Å². The first-order valence-corrected chi connectivity index (χ1v) is 3.49. The SMILES string of the molecule is O=c1[nH]c2ncccc2c(=O)n1O.[Na+]. The Morgan fingerprint density at radius 2 is 2.14 bits per heavy atom. The Morgan fingerprint density at radius 1 is 1.43 bits per heavy atom. The summed E-state index contributed by atoms with van der Waals surface area (Å²) in [5.74, 6) is 0. The molecule has 0 aliphatic rings. The average Bonchev–Trinajstić information content (AvgIpc) is 2.15. The van der Waals surface area contributed by atoms with Gasteiger partial charge in [-0.15, -0.1) is 0 Å². The van der Waals surface area contributed by atoms with Gasteiger partial charge < -0.3 is 5.21 Å². The van der Waals surface area contributed by atoms with Crippen molar-refractivity contribution in [2.24, 2.45) is 0 Å². The molecule has 2 heterocycles. The molecule has 14 heavy (non-hydrogen) atoms. The number of H-pyrrole nitrogens is 1. The molecule has 0 unspecified atom stereocenters. The Kier molecular flexibility index (Phi) is 3.10. The predicted octanol–water partition coefficient (Wildman–Crippen LogP) is -3.67. The molecule has 0 aliphatic carbocycles. The first kappa shape index (κ1) is 11.0. The minimum atomic E-state index is -0.892. The van der Waals surface area contributed by atoms with Crippen LogP contribution in [0.5, 0.6) is 0 Å². The van der Waals surface area contributed by atoms with E-state index in [2.05, 4.69) is 9.97 Å². The fourth-order valence-corrected chi connectivity index (χ4v) is 1.04. The van der Waals surface area contributed by atoms with E-state index in [1.165, 1.54) is 12.3 Å². The molecule has 0 fully saturated rings. The largest absolute Gasteiger partial charge is 1.00 e. The summed E-state index contributed by atoms with van der Waals surface area (Å²) in [5.41, 5.74) is -1.49. The van der Waals surface area contributed by atoms with Crippen molar-refractivity contribution < 1.29 is 34.8 Å². The zero-order valence-electron chi connectivity index (χ0n) is 7.39. The second kappa shape index (κ2) is 3.95. The minimum absolute atomic E-state index is 0. The van der Waals surface area contributed by atoms with Crippen LogP contribution in [-0.2, 0) is 0 Å². The van der Waals surface area contributed by atoms with Crippen LogP contribution in [0.2, 0.25) is 0 Å². The van der Waals surface area contributed by atoms with Crippen LogP contribution in [0.3, 0.4) is 0 Å². The van der Waals surface area contributed by atoms with Gasteiger partial charge in [0.05, 0.1) is 5.39 Å². The molecule has 0 amide bonds. The monoisotopic (exact) mass is 202 g/mol. The molecule has 2 N–H and O–H groups in total. The Labute approximate surface area is 99.5 Å². The number of aromatic amines is 1. The van der Waals surface area contributed by atoms with E-state index >= 15 is 0 Å². The predicted molar refractivity (Wildman–Crippen MR) is 43.8 cm³/mol. The van der Waals surface area contributed by atoms with E-state index in [4.69, 9.17) is 5.21 Å². The number of rotatable bonds is 0. The summed E-state index contributed by atoms with van der Waals surface area (Å²) in [5, 5.41) is 9.11. The smallest absolute Gasteiger partial charge is 0.421 e. The van der Waals surface area contributed by atoms with Gasteiger partial charge in [0.1, 0.15) is 5.65 Å². The molecular weight excluding hydrogens is 197 g/mol. The van der Waals surface area contributed by atoms with E-state index in [1.807, 2.05) is 0 Å². The molecule has 2 rings (SSSR count). The summed E-state index contributed by atoms with van der Waals surface area (Å²) in [7, 11) is 0. The summed E-state index contributed by atoms with van der Waals surface area (Å²) in [6.07, 6.45) is 1.44. The average molecular weight is 202 g/mol. The Balaban J connectivity index is 0.000000980. The van der Waals surface area contributed by atoms with Gasteiger partial charge in [-0.1, -0.05) is 4.73 Å². The molecule has 0 bridgehead atoms. The van der Waals surface area contributed by atoms with Crippen molar-refractivity contribution in [1.29, 1.82) is 0 Å². The summed E-state index contributed by atoms with van der Waals surface area (Å²) in [6.45, 7) is 0. The summed E-state index contributed by atoms with van der Waals surface area (Å²) >= 11 is 0. The first-order valence-electron chi connectivity index (χ1n) is 3.49. The molecule has 0 aliphatic heterocycles. The van der Waals surface area contributed by atoms with Gasteiger partial charge in [-0.3, -0.25) is 9.78 Å². The second-order valence-electron chi connectivity index (χ2n) is 2.45. The van der Waals surface area contributed by atoms with Gasteiger partial charge in [0.2, 0.25) is 0 Å². The zero-order chi connectivity index (χ0) is 9.42. The van der Waals surface area contributed by atoms with Crippen LogP contribution in [-0.4, -0.2) is 19.9 Å². The van der Waals surface area contributed by atoms with Crippen LogP contribution >= 0.6 is 0 Å². The van der Waals surface area contributed by atoms with Crippen molar-refractivity contribution in [3.8, 4) is 0 Å². The molecule has 0 aromatic carbocycles. The third-order valence-corrected chi connectivity index (χ3v) is 1.65. The summed E-state index contributed by atoms with van der Waals surface area (Å²) < 4.78 is 0.0179. The van der Waals surface area contributed by atoms with E-state index in [1.54, 1.807) is 6.07 Å². The number of fused-ring (bicyclic) bond motifs is 1. The molecule has 0 spiro atoms. The molecule has 0 saturated heterocycles. The molecular formula is C7H5N3NaO3+. The summed E-state index contributed by atoms with van der Waals surface area (Å²) in [6, 6.07) is 3.01. The summed E-state index contributed by atoms with van der Waals surface area (Å²) in [4.78, 5) is 28.1. The number of hydrogen-bond acceptors (Lipinski definition) is 4. The third kappa shape index (κ3) is 1.59.